The number of piperazine rings is 2. The number of ether oxygens (including phenoxy) is 1. The Morgan fingerprint density at radius 1 is 0.895 bits per heavy atom. The Balaban J connectivity index is 1.10. The summed E-state index contributed by atoms with van der Waals surface area (Å²) < 4.78 is 19.7. The highest BCUT2D eigenvalue weighted by atomic mass is 19.1. The summed E-state index contributed by atoms with van der Waals surface area (Å²) in [4.78, 5) is 40.6. The summed E-state index contributed by atoms with van der Waals surface area (Å²) in [6.45, 7) is 6.18. The molecule has 38 heavy (non-hydrogen) atoms. The lowest BCUT2D eigenvalue weighted by Crippen LogP contribution is -2.50. The summed E-state index contributed by atoms with van der Waals surface area (Å²) in [5, 5.41) is 0. The van der Waals surface area contributed by atoms with Gasteiger partial charge in [0.05, 0.1) is 18.0 Å². The van der Waals surface area contributed by atoms with Crippen LogP contribution in [0, 0.1) is 5.82 Å². The van der Waals surface area contributed by atoms with Gasteiger partial charge in [0.25, 0.3) is 5.56 Å². The number of amides is 1. The van der Waals surface area contributed by atoms with Crippen molar-refractivity contribution in [1.29, 1.82) is 0 Å². The van der Waals surface area contributed by atoms with E-state index >= 15 is 0 Å². The second-order valence-corrected chi connectivity index (χ2v) is 9.62. The standard InChI is InChI=1S/C28H33FN6O3/c29-24-8-4-5-9-25(24)33-12-10-32(11-13-33)19-23-18-26(36)31-28(30-23)35-16-14-34(15-17-35)27(37)21-38-20-22-6-2-1-3-7-22/h1-9,18H,10-17,19-21H2,(H,30,31,36). The number of aromatic amines is 1. The summed E-state index contributed by atoms with van der Waals surface area (Å²) >= 11 is 0. The predicted molar refractivity (Wildman–Crippen MR) is 144 cm³/mol. The topological polar surface area (TPSA) is 85.0 Å². The van der Waals surface area contributed by atoms with E-state index in [0.29, 0.717) is 69.7 Å². The number of nitrogens with zero attached hydrogens (tertiary/aromatic N) is 5. The molecule has 0 spiro atoms. The summed E-state index contributed by atoms with van der Waals surface area (Å²) in [7, 11) is 0. The molecule has 2 fully saturated rings. The van der Waals surface area contributed by atoms with E-state index < -0.39 is 0 Å². The number of hydrogen-bond donors (Lipinski definition) is 1. The van der Waals surface area contributed by atoms with E-state index in [-0.39, 0.29) is 23.9 Å². The van der Waals surface area contributed by atoms with Gasteiger partial charge in [-0.05, 0) is 17.7 Å². The van der Waals surface area contributed by atoms with Gasteiger partial charge in [0, 0.05) is 65.0 Å². The highest BCUT2D eigenvalue weighted by Gasteiger charge is 2.24. The van der Waals surface area contributed by atoms with Gasteiger partial charge in [-0.3, -0.25) is 19.5 Å². The fraction of sp³-hybridized carbons (Fsp3) is 0.393. The first-order chi connectivity index (χ1) is 18.5. The molecule has 3 heterocycles. The first-order valence-corrected chi connectivity index (χ1v) is 13.0. The molecule has 2 aliphatic rings. The molecule has 0 radical (unpaired) electrons. The third-order valence-electron chi connectivity index (χ3n) is 7.00. The molecular weight excluding hydrogens is 487 g/mol. The number of carbonyl (C=O) groups excluding carboxylic acids is 1. The van der Waals surface area contributed by atoms with Crippen LogP contribution < -0.4 is 15.4 Å². The van der Waals surface area contributed by atoms with E-state index in [1.807, 2.05) is 41.3 Å². The lowest BCUT2D eigenvalue weighted by Gasteiger charge is -2.36. The first-order valence-electron chi connectivity index (χ1n) is 13.0. The lowest BCUT2D eigenvalue weighted by atomic mass is 10.2. The van der Waals surface area contributed by atoms with Gasteiger partial charge in [-0.2, -0.15) is 0 Å². The van der Waals surface area contributed by atoms with Crippen LogP contribution in [0.4, 0.5) is 16.0 Å². The Kier molecular flexibility index (Phi) is 8.30. The molecule has 1 aromatic heterocycles. The van der Waals surface area contributed by atoms with Crippen molar-refractivity contribution in [3.63, 3.8) is 0 Å². The summed E-state index contributed by atoms with van der Waals surface area (Å²) in [5.74, 6) is 0.290. The smallest absolute Gasteiger partial charge is 0.252 e. The molecule has 2 aromatic carbocycles. The largest absolute Gasteiger partial charge is 0.367 e. The third-order valence-corrected chi connectivity index (χ3v) is 7.00. The normalized spacial score (nSPS) is 16.6. The highest BCUT2D eigenvalue weighted by Crippen LogP contribution is 2.21. The van der Waals surface area contributed by atoms with Gasteiger partial charge >= 0.3 is 0 Å². The molecule has 2 saturated heterocycles. The van der Waals surface area contributed by atoms with Crippen LogP contribution in [0.2, 0.25) is 0 Å². The summed E-state index contributed by atoms with van der Waals surface area (Å²) in [6, 6.07) is 18.2. The molecule has 10 heteroatoms. The van der Waals surface area contributed by atoms with Crippen molar-refractivity contribution in [2.24, 2.45) is 0 Å². The minimum absolute atomic E-state index is 0.0367. The zero-order chi connectivity index (χ0) is 26.3. The van der Waals surface area contributed by atoms with Crippen molar-refractivity contribution in [2.45, 2.75) is 13.2 Å². The molecule has 9 nitrogen and oxygen atoms in total. The maximum absolute atomic E-state index is 14.1. The maximum Gasteiger partial charge on any atom is 0.252 e. The van der Waals surface area contributed by atoms with Crippen LogP contribution in [-0.4, -0.2) is 84.6 Å². The Morgan fingerprint density at radius 3 is 2.32 bits per heavy atom. The highest BCUT2D eigenvalue weighted by molar-refractivity contribution is 5.77. The van der Waals surface area contributed by atoms with Gasteiger partial charge in [-0.15, -0.1) is 0 Å². The Labute approximate surface area is 221 Å². The number of anilines is 2. The number of rotatable bonds is 8. The average Bonchev–Trinajstić information content (AvgIpc) is 2.94. The van der Waals surface area contributed by atoms with Crippen LogP contribution in [-0.2, 0) is 22.7 Å². The van der Waals surface area contributed by atoms with Crippen molar-refractivity contribution < 1.29 is 13.9 Å². The van der Waals surface area contributed by atoms with E-state index in [9.17, 15) is 14.0 Å². The minimum atomic E-state index is -0.205. The summed E-state index contributed by atoms with van der Waals surface area (Å²) in [5.41, 5.74) is 2.18. The first kappa shape index (κ1) is 25.9. The van der Waals surface area contributed by atoms with Gasteiger partial charge < -0.3 is 19.4 Å². The molecule has 0 bridgehead atoms. The molecule has 1 N–H and O–H groups in total. The minimum Gasteiger partial charge on any atom is -0.367 e. The van der Waals surface area contributed by atoms with Crippen LogP contribution in [0.1, 0.15) is 11.3 Å². The van der Waals surface area contributed by atoms with Gasteiger partial charge in [-0.25, -0.2) is 9.37 Å². The van der Waals surface area contributed by atoms with Crippen LogP contribution in [0.15, 0.2) is 65.5 Å². The molecule has 3 aromatic rings. The lowest BCUT2D eigenvalue weighted by molar-refractivity contribution is -0.136. The molecule has 1 amide bonds. The molecule has 200 valence electrons. The molecule has 0 saturated carbocycles. The number of nitrogens with one attached hydrogen (secondary N) is 1. The van der Waals surface area contributed by atoms with Gasteiger partial charge in [-0.1, -0.05) is 42.5 Å². The van der Waals surface area contributed by atoms with Crippen molar-refractivity contribution in [1.82, 2.24) is 19.8 Å². The second-order valence-electron chi connectivity index (χ2n) is 9.62. The van der Waals surface area contributed by atoms with Gasteiger partial charge in [0.1, 0.15) is 12.4 Å². The number of benzene rings is 2. The molecular formula is C28H33FN6O3. The molecule has 5 rings (SSSR count). The van der Waals surface area contributed by atoms with Gasteiger partial charge in [0.15, 0.2) is 0 Å². The number of aromatic nitrogens is 2. The van der Waals surface area contributed by atoms with Crippen LogP contribution in [0.25, 0.3) is 0 Å². The Hall–Kier alpha value is -3.76. The predicted octanol–water partition coefficient (Wildman–Crippen LogP) is 2.10. The van der Waals surface area contributed by atoms with Crippen molar-refractivity contribution in [3.8, 4) is 0 Å². The van der Waals surface area contributed by atoms with Crippen LogP contribution in [0.3, 0.4) is 0 Å². The SMILES string of the molecule is O=C(COCc1ccccc1)N1CCN(c2nc(CN3CCN(c4ccccc4F)CC3)cc(=O)[nH]2)CC1. The molecule has 0 atom stereocenters. The number of carbonyl (C=O) groups is 1. The second kappa shape index (κ2) is 12.2. The quantitative estimate of drug-likeness (QED) is 0.487. The number of H-pyrrole nitrogens is 1. The van der Waals surface area contributed by atoms with Crippen LogP contribution >= 0.6 is 0 Å². The third kappa shape index (κ3) is 6.56. The fourth-order valence-corrected chi connectivity index (χ4v) is 4.90. The zero-order valence-electron chi connectivity index (χ0n) is 21.4. The molecule has 0 unspecified atom stereocenters. The van der Waals surface area contributed by atoms with E-state index in [1.165, 1.54) is 12.1 Å². The zero-order valence-corrected chi connectivity index (χ0v) is 21.4. The van der Waals surface area contributed by atoms with Crippen molar-refractivity contribution >= 4 is 17.5 Å². The fourth-order valence-electron chi connectivity index (χ4n) is 4.90. The van der Waals surface area contributed by atoms with E-state index in [2.05, 4.69) is 14.8 Å². The van der Waals surface area contributed by atoms with E-state index in [1.54, 1.807) is 17.0 Å². The molecule has 2 aliphatic heterocycles. The maximum atomic E-state index is 14.1. The number of para-hydroxylation sites is 1. The van der Waals surface area contributed by atoms with Gasteiger partial charge in [0.2, 0.25) is 11.9 Å². The summed E-state index contributed by atoms with van der Waals surface area (Å²) in [6.07, 6.45) is 0. The number of hydrogen-bond acceptors (Lipinski definition) is 7. The van der Waals surface area contributed by atoms with Crippen molar-refractivity contribution in [2.75, 3.05) is 68.8 Å². The molecule has 0 aliphatic carbocycles. The number of halogens is 1. The Morgan fingerprint density at radius 2 is 1.58 bits per heavy atom. The van der Waals surface area contributed by atoms with E-state index in [0.717, 1.165) is 18.7 Å². The van der Waals surface area contributed by atoms with Crippen molar-refractivity contribution in [3.05, 3.63) is 88.1 Å². The monoisotopic (exact) mass is 520 g/mol. The van der Waals surface area contributed by atoms with E-state index in [4.69, 9.17) is 9.72 Å². The average molecular weight is 521 g/mol. The Bertz CT molecular complexity index is 1270. The van der Waals surface area contributed by atoms with Crippen LogP contribution in [0.5, 0.6) is 0 Å².